The van der Waals surface area contributed by atoms with Crippen molar-refractivity contribution in [3.05, 3.63) is 56.6 Å². The first kappa shape index (κ1) is 25.0. The van der Waals surface area contributed by atoms with Gasteiger partial charge in [0.05, 0.1) is 22.6 Å². The van der Waals surface area contributed by atoms with Gasteiger partial charge in [-0.25, -0.2) is 14.8 Å². The molecule has 11 heteroatoms. The van der Waals surface area contributed by atoms with Gasteiger partial charge < -0.3 is 20.2 Å². The van der Waals surface area contributed by atoms with Crippen molar-refractivity contribution in [2.75, 3.05) is 37.4 Å². The van der Waals surface area contributed by atoms with Gasteiger partial charge in [-0.1, -0.05) is 17.7 Å². The Morgan fingerprint density at radius 2 is 1.86 bits per heavy atom. The highest BCUT2D eigenvalue weighted by molar-refractivity contribution is 6.29. The predicted molar refractivity (Wildman–Crippen MR) is 141 cm³/mol. The van der Waals surface area contributed by atoms with E-state index in [4.69, 9.17) is 16.6 Å². The second-order valence-electron chi connectivity index (χ2n) is 10.2. The lowest BCUT2D eigenvalue weighted by Gasteiger charge is -2.25. The van der Waals surface area contributed by atoms with E-state index in [0.717, 1.165) is 11.1 Å². The zero-order valence-electron chi connectivity index (χ0n) is 21.3. The number of aromatic carboxylic acids is 1. The third-order valence-corrected chi connectivity index (χ3v) is 7.65. The van der Waals surface area contributed by atoms with Crippen LogP contribution in [0, 0.1) is 24.7 Å². The maximum Gasteiger partial charge on any atom is 0.356 e. The van der Waals surface area contributed by atoms with Crippen molar-refractivity contribution in [2.45, 2.75) is 19.9 Å². The van der Waals surface area contributed by atoms with Crippen LogP contribution in [0.2, 0.25) is 5.15 Å². The van der Waals surface area contributed by atoms with E-state index in [1.165, 1.54) is 6.07 Å². The molecule has 37 heavy (non-hydrogen) atoms. The molecule has 0 radical (unpaired) electrons. The summed E-state index contributed by atoms with van der Waals surface area (Å²) in [6.07, 6.45) is 0. The number of nitrogens with one attached hydrogen (secondary N) is 1. The van der Waals surface area contributed by atoms with Crippen LogP contribution >= 0.6 is 11.6 Å². The highest BCUT2D eigenvalue weighted by atomic mass is 35.5. The second kappa shape index (κ2) is 9.02. The number of nitrogens with zero attached hydrogens (tertiary/aromatic N) is 5. The van der Waals surface area contributed by atoms with Crippen LogP contribution in [0.5, 0.6) is 0 Å². The zero-order valence-corrected chi connectivity index (χ0v) is 22.1. The summed E-state index contributed by atoms with van der Waals surface area (Å²) in [5.74, 6) is 0.115. The van der Waals surface area contributed by atoms with Crippen LogP contribution in [0.25, 0.3) is 10.9 Å². The van der Waals surface area contributed by atoms with Crippen LogP contribution in [-0.4, -0.2) is 63.6 Å². The molecule has 5 rings (SSSR count). The number of halogens is 1. The number of rotatable bonds is 6. The molecule has 4 atom stereocenters. The van der Waals surface area contributed by atoms with Crippen molar-refractivity contribution in [1.82, 2.24) is 19.4 Å². The number of fused-ring (bicyclic) bond motifs is 2. The summed E-state index contributed by atoms with van der Waals surface area (Å²) in [4.78, 5) is 50.2. The molecule has 3 aromatic rings. The van der Waals surface area contributed by atoms with Crippen LogP contribution in [0.1, 0.15) is 34.6 Å². The Hall–Kier alpha value is -3.66. The van der Waals surface area contributed by atoms with Crippen LogP contribution in [0.15, 0.2) is 29.1 Å². The average Bonchev–Trinajstić information content (AvgIpc) is 3.33. The van der Waals surface area contributed by atoms with E-state index in [1.54, 1.807) is 36.7 Å². The fourth-order valence-corrected chi connectivity index (χ4v) is 5.68. The summed E-state index contributed by atoms with van der Waals surface area (Å²) in [6, 6.07) is 6.49. The second-order valence-corrected chi connectivity index (χ2v) is 10.6. The number of aryl methyl sites for hydroxylation is 1. The monoisotopic (exact) mass is 524 g/mol. The van der Waals surface area contributed by atoms with E-state index < -0.39 is 5.97 Å². The van der Waals surface area contributed by atoms with Crippen LogP contribution in [0.3, 0.4) is 0 Å². The van der Waals surface area contributed by atoms with Crippen LogP contribution in [-0.2, 0) is 11.8 Å². The molecule has 1 aliphatic heterocycles. The Labute approximate surface area is 218 Å². The van der Waals surface area contributed by atoms with Crippen molar-refractivity contribution in [3.63, 3.8) is 0 Å². The average molecular weight is 525 g/mol. The number of amides is 1. The number of carboxylic acid groups (broad SMARTS) is 1. The molecule has 10 nitrogen and oxygen atoms in total. The molecule has 1 aliphatic carbocycles. The molecule has 2 N–H and O–H groups in total. The van der Waals surface area contributed by atoms with Gasteiger partial charge in [-0.05, 0) is 49.4 Å². The molecule has 1 amide bonds. The minimum absolute atomic E-state index is 0.0441. The van der Waals surface area contributed by atoms with Gasteiger partial charge in [-0.3, -0.25) is 14.2 Å². The topological polar surface area (TPSA) is 121 Å². The number of piperidine rings is 1. The van der Waals surface area contributed by atoms with E-state index in [0.29, 0.717) is 35.6 Å². The molecule has 1 aromatic carbocycles. The first-order chi connectivity index (χ1) is 17.5. The summed E-state index contributed by atoms with van der Waals surface area (Å²) >= 11 is 5.91. The Morgan fingerprint density at radius 3 is 2.49 bits per heavy atom. The minimum Gasteiger partial charge on any atom is -0.476 e. The zero-order chi connectivity index (χ0) is 26.8. The van der Waals surface area contributed by atoms with Crippen molar-refractivity contribution in [2.24, 2.45) is 24.8 Å². The Bertz CT molecular complexity index is 1490. The normalized spacial score (nSPS) is 21.0. The lowest BCUT2D eigenvalue weighted by Crippen LogP contribution is -2.35. The van der Waals surface area contributed by atoms with Gasteiger partial charge in [-0.2, -0.15) is 0 Å². The van der Waals surface area contributed by atoms with E-state index in [2.05, 4.69) is 15.2 Å². The number of carbonyl (C=O) groups excluding carboxylic acids is 1. The van der Waals surface area contributed by atoms with Crippen molar-refractivity contribution in [1.29, 1.82) is 0 Å². The molecule has 194 valence electrons. The van der Waals surface area contributed by atoms with Crippen LogP contribution in [0.4, 0.5) is 11.6 Å². The molecule has 2 aromatic heterocycles. The largest absolute Gasteiger partial charge is 0.476 e. The third kappa shape index (κ3) is 4.29. The quantitative estimate of drug-likeness (QED) is 0.472. The van der Waals surface area contributed by atoms with Crippen molar-refractivity contribution >= 4 is 46.0 Å². The number of benzene rings is 1. The molecule has 0 spiro atoms. The fraction of sp³-hybridized carbons (Fsp3) is 0.423. The number of carbonyl (C=O) groups is 2. The molecule has 1 saturated carbocycles. The molecular weight excluding hydrogens is 496 g/mol. The number of hydrogen-bond acceptors (Lipinski definition) is 7. The number of pyridine rings is 1. The van der Waals surface area contributed by atoms with Gasteiger partial charge in [0.25, 0.3) is 5.56 Å². The molecule has 1 unspecified atom stereocenters. The third-order valence-electron chi connectivity index (χ3n) is 7.44. The lowest BCUT2D eigenvalue weighted by atomic mass is 10.0. The molecule has 3 heterocycles. The van der Waals surface area contributed by atoms with Crippen molar-refractivity contribution in [3.8, 4) is 0 Å². The van der Waals surface area contributed by atoms with E-state index >= 15 is 0 Å². The number of anilines is 2. The first-order valence-electron chi connectivity index (χ1n) is 12.1. The van der Waals surface area contributed by atoms with Crippen LogP contribution < -0.4 is 15.8 Å². The van der Waals surface area contributed by atoms with Gasteiger partial charge in [0.2, 0.25) is 11.9 Å². The first-order valence-corrected chi connectivity index (χ1v) is 12.5. The van der Waals surface area contributed by atoms with Gasteiger partial charge in [0.1, 0.15) is 5.15 Å². The van der Waals surface area contributed by atoms with E-state index in [-0.39, 0.29) is 46.1 Å². The molecule has 1 saturated heterocycles. The van der Waals surface area contributed by atoms with Gasteiger partial charge in [-0.15, -0.1) is 0 Å². The number of hydrogen-bond donors (Lipinski definition) is 2. The van der Waals surface area contributed by atoms with Gasteiger partial charge >= 0.3 is 5.97 Å². The lowest BCUT2D eigenvalue weighted by molar-refractivity contribution is -0.130. The Balaban J connectivity index is 1.51. The molecule has 0 bridgehead atoms. The molecule has 2 aliphatic rings. The Morgan fingerprint density at radius 1 is 1.19 bits per heavy atom. The maximum absolute atomic E-state index is 13.4. The summed E-state index contributed by atoms with van der Waals surface area (Å²) in [5, 5.41) is 13.4. The smallest absolute Gasteiger partial charge is 0.356 e. The van der Waals surface area contributed by atoms with Gasteiger partial charge in [0.15, 0.2) is 5.69 Å². The summed E-state index contributed by atoms with van der Waals surface area (Å²) in [7, 11) is 5.28. The van der Waals surface area contributed by atoms with Crippen molar-refractivity contribution < 1.29 is 14.7 Å². The predicted octanol–water partition coefficient (Wildman–Crippen LogP) is 2.93. The standard InChI is InChI=1S/C26H29ClN6O4/c1-12-8-14(13(2)28-18-6-7-19(27)29-22(18)25(36)37)21-15(9-12)23(34)32(5)26(30-21)33-10-16-17(11-33)20(16)24(35)31(3)4/h6-9,13,16-17,20,28H,10-11H2,1-5H3,(H,36,37)/t13-,16-,17+,20?/m1/s1. The number of carboxylic acids is 1. The molecule has 2 fully saturated rings. The minimum atomic E-state index is -1.20. The summed E-state index contributed by atoms with van der Waals surface area (Å²) in [5.41, 5.74) is 2.20. The maximum atomic E-state index is 13.4. The summed E-state index contributed by atoms with van der Waals surface area (Å²) < 4.78 is 1.57. The SMILES string of the molecule is Cc1cc([C@@H](C)Nc2ccc(Cl)nc2C(=O)O)c2nc(N3C[C@@H]4C(C(=O)N(C)C)[C@@H]4C3)n(C)c(=O)c2c1. The van der Waals surface area contributed by atoms with E-state index in [1.807, 2.05) is 26.0 Å². The highest BCUT2D eigenvalue weighted by Crippen LogP contribution is 2.53. The Kier molecular flexibility index (Phi) is 6.10. The van der Waals surface area contributed by atoms with E-state index in [9.17, 15) is 19.5 Å². The van der Waals surface area contributed by atoms with Gasteiger partial charge in [0, 0.05) is 45.7 Å². The molecular formula is C26H29ClN6O4. The highest BCUT2D eigenvalue weighted by Gasteiger charge is 2.60. The number of aromatic nitrogens is 3. The fourth-order valence-electron chi connectivity index (χ4n) is 5.53. The summed E-state index contributed by atoms with van der Waals surface area (Å²) in [6.45, 7) is 5.14.